The number of rotatable bonds is 5. The summed E-state index contributed by atoms with van der Waals surface area (Å²) in [4.78, 5) is 14.7. The molecular formula is C19H25ClFNO2S. The highest BCUT2D eigenvalue weighted by molar-refractivity contribution is 8.00. The van der Waals surface area contributed by atoms with E-state index in [2.05, 4.69) is 20.8 Å². The van der Waals surface area contributed by atoms with Gasteiger partial charge in [0.25, 0.3) is 0 Å². The molecule has 25 heavy (non-hydrogen) atoms. The molecule has 2 fully saturated rings. The summed E-state index contributed by atoms with van der Waals surface area (Å²) in [7, 11) is 0. The molecule has 2 aliphatic rings. The van der Waals surface area contributed by atoms with E-state index in [1.807, 2.05) is 16.7 Å². The largest absolute Gasteiger partial charge is 0.369 e. The summed E-state index contributed by atoms with van der Waals surface area (Å²) in [6.07, 6.45) is 2.31. The first-order valence-electron chi connectivity index (χ1n) is 8.74. The summed E-state index contributed by atoms with van der Waals surface area (Å²) < 4.78 is 19.6. The second-order valence-corrected chi connectivity index (χ2v) is 10.1. The van der Waals surface area contributed by atoms with Crippen molar-refractivity contribution in [2.45, 2.75) is 50.4 Å². The van der Waals surface area contributed by atoms with E-state index in [1.54, 1.807) is 12.1 Å². The molecule has 1 aliphatic heterocycles. The number of benzene rings is 1. The summed E-state index contributed by atoms with van der Waals surface area (Å²) in [6.45, 7) is 7.07. The first-order valence-corrected chi connectivity index (χ1v) is 10.1. The number of morpholine rings is 1. The smallest absolute Gasteiger partial charge is 0.249 e. The topological polar surface area (TPSA) is 29.5 Å². The molecule has 1 aliphatic carbocycles. The quantitative estimate of drug-likeness (QED) is 0.736. The number of amides is 1. The van der Waals surface area contributed by atoms with Gasteiger partial charge in [0.2, 0.25) is 5.91 Å². The predicted octanol–water partition coefficient (Wildman–Crippen LogP) is 4.69. The maximum atomic E-state index is 14.0. The first-order chi connectivity index (χ1) is 11.8. The van der Waals surface area contributed by atoms with Gasteiger partial charge in [-0.1, -0.05) is 38.4 Å². The average Bonchev–Trinajstić information content (AvgIpc) is 3.35. The summed E-state index contributed by atoms with van der Waals surface area (Å²) in [5, 5.41) is 0.0976. The molecule has 0 aromatic heterocycles. The van der Waals surface area contributed by atoms with Gasteiger partial charge in [-0.25, -0.2) is 4.39 Å². The SMILES string of the molecule is CC(C)(C)SCC(C1CC1)N1C(=O)COCC1c1ccc(Cl)c(F)c1. The van der Waals surface area contributed by atoms with Crippen molar-refractivity contribution in [1.82, 2.24) is 4.90 Å². The summed E-state index contributed by atoms with van der Waals surface area (Å²) >= 11 is 7.70. The van der Waals surface area contributed by atoms with Crippen LogP contribution in [0.3, 0.4) is 0 Å². The minimum absolute atomic E-state index is 0.00184. The number of ether oxygens (including phenoxy) is 1. The minimum atomic E-state index is -0.454. The highest BCUT2D eigenvalue weighted by Crippen LogP contribution is 2.42. The Balaban J connectivity index is 1.87. The molecule has 0 N–H and O–H groups in total. The molecule has 1 aromatic rings. The molecule has 3 rings (SSSR count). The molecule has 1 amide bonds. The molecule has 1 saturated heterocycles. The molecule has 0 radical (unpaired) electrons. The van der Waals surface area contributed by atoms with Gasteiger partial charge >= 0.3 is 0 Å². The van der Waals surface area contributed by atoms with Crippen molar-refractivity contribution in [2.24, 2.45) is 5.92 Å². The second kappa shape index (κ2) is 7.45. The van der Waals surface area contributed by atoms with Gasteiger partial charge in [0.05, 0.1) is 17.7 Å². The number of halogens is 2. The Morgan fingerprint density at radius 2 is 2.12 bits per heavy atom. The Bertz CT molecular complexity index is 645. The Kier molecular flexibility index (Phi) is 5.66. The number of carbonyl (C=O) groups is 1. The molecule has 2 atom stereocenters. The molecule has 1 heterocycles. The third-order valence-corrected chi connectivity index (χ3v) is 6.34. The number of thioether (sulfide) groups is 1. The standard InChI is InChI=1S/C19H25ClFNO2S/c1-19(2,3)25-11-17(12-4-5-12)22-16(9-24-10-18(22)23)13-6-7-14(20)15(21)8-13/h6-8,12,16-17H,4-5,9-11H2,1-3H3. The van der Waals surface area contributed by atoms with E-state index in [9.17, 15) is 9.18 Å². The zero-order chi connectivity index (χ0) is 18.2. The van der Waals surface area contributed by atoms with Crippen LogP contribution in [0.25, 0.3) is 0 Å². The lowest BCUT2D eigenvalue weighted by Gasteiger charge is -2.42. The van der Waals surface area contributed by atoms with Crippen molar-refractivity contribution in [3.63, 3.8) is 0 Å². The Labute approximate surface area is 158 Å². The van der Waals surface area contributed by atoms with Gasteiger partial charge < -0.3 is 9.64 Å². The zero-order valence-electron chi connectivity index (χ0n) is 14.9. The van der Waals surface area contributed by atoms with Gasteiger partial charge in [-0.15, -0.1) is 0 Å². The van der Waals surface area contributed by atoms with Crippen molar-refractivity contribution >= 4 is 29.3 Å². The predicted molar refractivity (Wildman–Crippen MR) is 101 cm³/mol. The summed E-state index contributed by atoms with van der Waals surface area (Å²) in [6, 6.07) is 4.71. The monoisotopic (exact) mass is 385 g/mol. The second-order valence-electron chi connectivity index (χ2n) is 7.83. The van der Waals surface area contributed by atoms with E-state index in [4.69, 9.17) is 16.3 Å². The zero-order valence-corrected chi connectivity index (χ0v) is 16.5. The van der Waals surface area contributed by atoms with Crippen molar-refractivity contribution in [2.75, 3.05) is 19.0 Å². The van der Waals surface area contributed by atoms with Gasteiger partial charge in [-0.2, -0.15) is 11.8 Å². The van der Waals surface area contributed by atoms with E-state index in [0.717, 1.165) is 24.2 Å². The van der Waals surface area contributed by atoms with Crippen molar-refractivity contribution in [1.29, 1.82) is 0 Å². The van der Waals surface area contributed by atoms with Crippen LogP contribution in [0.5, 0.6) is 0 Å². The van der Waals surface area contributed by atoms with E-state index >= 15 is 0 Å². The average molecular weight is 386 g/mol. The Morgan fingerprint density at radius 3 is 2.72 bits per heavy atom. The maximum absolute atomic E-state index is 14.0. The lowest BCUT2D eigenvalue weighted by atomic mass is 10.0. The number of carbonyl (C=O) groups excluding carboxylic acids is 1. The molecule has 1 aromatic carbocycles. The highest BCUT2D eigenvalue weighted by Gasteiger charge is 2.43. The van der Waals surface area contributed by atoms with Crippen LogP contribution in [0.4, 0.5) is 4.39 Å². The minimum Gasteiger partial charge on any atom is -0.369 e. The van der Waals surface area contributed by atoms with E-state index < -0.39 is 5.82 Å². The van der Waals surface area contributed by atoms with Crippen LogP contribution < -0.4 is 0 Å². The number of hydrogen-bond donors (Lipinski definition) is 0. The normalized spacial score (nSPS) is 23.0. The van der Waals surface area contributed by atoms with Gasteiger partial charge in [-0.3, -0.25) is 4.79 Å². The fourth-order valence-corrected chi connectivity index (χ4v) is 4.46. The third kappa shape index (κ3) is 4.69. The van der Waals surface area contributed by atoms with Crippen LogP contribution in [0.2, 0.25) is 5.02 Å². The van der Waals surface area contributed by atoms with Crippen LogP contribution in [0.15, 0.2) is 18.2 Å². The van der Waals surface area contributed by atoms with Crippen LogP contribution in [-0.2, 0) is 9.53 Å². The van der Waals surface area contributed by atoms with Gasteiger partial charge in [0, 0.05) is 16.5 Å². The lowest BCUT2D eigenvalue weighted by molar-refractivity contribution is -0.152. The fourth-order valence-electron chi connectivity index (χ4n) is 3.24. The highest BCUT2D eigenvalue weighted by atomic mass is 35.5. The summed E-state index contributed by atoms with van der Waals surface area (Å²) in [5.41, 5.74) is 0.751. The van der Waals surface area contributed by atoms with Crippen LogP contribution in [-0.4, -0.2) is 40.6 Å². The van der Waals surface area contributed by atoms with Crippen LogP contribution >= 0.6 is 23.4 Å². The van der Waals surface area contributed by atoms with Gasteiger partial charge in [0.1, 0.15) is 12.4 Å². The molecule has 0 spiro atoms. The molecule has 1 saturated carbocycles. The molecule has 0 bridgehead atoms. The van der Waals surface area contributed by atoms with E-state index in [0.29, 0.717) is 12.5 Å². The Hall–Kier alpha value is -0.780. The molecule has 6 heteroatoms. The van der Waals surface area contributed by atoms with Gasteiger partial charge in [0.15, 0.2) is 0 Å². The fraction of sp³-hybridized carbons (Fsp3) is 0.632. The van der Waals surface area contributed by atoms with Crippen molar-refractivity contribution < 1.29 is 13.9 Å². The lowest BCUT2D eigenvalue weighted by Crippen LogP contribution is -2.51. The van der Waals surface area contributed by atoms with Gasteiger partial charge in [-0.05, 0) is 36.5 Å². The first kappa shape index (κ1) is 19.0. The maximum Gasteiger partial charge on any atom is 0.249 e. The van der Waals surface area contributed by atoms with Crippen molar-refractivity contribution in [3.05, 3.63) is 34.6 Å². The molecule has 3 nitrogen and oxygen atoms in total. The third-order valence-electron chi connectivity index (χ3n) is 4.66. The molecule has 2 unspecified atom stereocenters. The summed E-state index contributed by atoms with van der Waals surface area (Å²) in [5.74, 6) is 0.977. The van der Waals surface area contributed by atoms with E-state index in [1.165, 1.54) is 6.07 Å². The Morgan fingerprint density at radius 1 is 1.40 bits per heavy atom. The molecule has 138 valence electrons. The van der Waals surface area contributed by atoms with Crippen molar-refractivity contribution in [3.8, 4) is 0 Å². The van der Waals surface area contributed by atoms with Crippen LogP contribution in [0.1, 0.15) is 45.2 Å². The van der Waals surface area contributed by atoms with E-state index in [-0.39, 0.29) is 34.4 Å². The van der Waals surface area contributed by atoms with Crippen LogP contribution in [0, 0.1) is 11.7 Å². The molecular weight excluding hydrogens is 361 g/mol. The number of hydrogen-bond acceptors (Lipinski definition) is 3. The number of nitrogens with zero attached hydrogens (tertiary/aromatic N) is 1.